The first-order chi connectivity index (χ1) is 19.9. The van der Waals surface area contributed by atoms with Crippen molar-refractivity contribution in [2.45, 2.75) is 63.3 Å². The van der Waals surface area contributed by atoms with E-state index in [9.17, 15) is 4.79 Å². The quantitative estimate of drug-likeness (QED) is 0.254. The number of carbonyl (C=O) groups is 1. The summed E-state index contributed by atoms with van der Waals surface area (Å²) in [5.74, 6) is 1.65. The second-order valence-corrected chi connectivity index (χ2v) is 12.6. The van der Waals surface area contributed by atoms with E-state index in [-0.39, 0.29) is 11.3 Å². The van der Waals surface area contributed by atoms with Gasteiger partial charge in [0.2, 0.25) is 5.91 Å². The average Bonchev–Trinajstić information content (AvgIpc) is 3.00. The molecule has 2 saturated heterocycles. The predicted molar refractivity (Wildman–Crippen MR) is 169 cm³/mol. The molecule has 2 heterocycles. The Labute approximate surface area is 255 Å². The van der Waals surface area contributed by atoms with Gasteiger partial charge in [0.15, 0.2) is 0 Å². The summed E-state index contributed by atoms with van der Waals surface area (Å²) in [4.78, 5) is 18.5. The van der Waals surface area contributed by atoms with Gasteiger partial charge in [0.1, 0.15) is 5.75 Å². The van der Waals surface area contributed by atoms with Crippen LogP contribution in [0.15, 0.2) is 72.8 Å². The lowest BCUT2D eigenvalue weighted by Gasteiger charge is -2.52. The summed E-state index contributed by atoms with van der Waals surface area (Å²) < 4.78 is 5.39. The zero-order chi connectivity index (χ0) is 28.8. The molecule has 2 fully saturated rings. The first-order valence-electron chi connectivity index (χ1n) is 15.1. The molecular formula is C35H42Cl2N2O2. The second-order valence-electron chi connectivity index (χ2n) is 11.8. The summed E-state index contributed by atoms with van der Waals surface area (Å²) in [6, 6.07) is 25.2. The third kappa shape index (κ3) is 6.93. The van der Waals surface area contributed by atoms with E-state index < -0.39 is 0 Å². The molecule has 1 amide bonds. The molecule has 0 aliphatic carbocycles. The molecule has 3 aromatic rings. The van der Waals surface area contributed by atoms with Gasteiger partial charge >= 0.3 is 0 Å². The Balaban J connectivity index is 1.38. The van der Waals surface area contributed by atoms with Gasteiger partial charge in [0.25, 0.3) is 0 Å². The summed E-state index contributed by atoms with van der Waals surface area (Å²) in [5, 5.41) is 1.15. The highest BCUT2D eigenvalue weighted by atomic mass is 35.5. The van der Waals surface area contributed by atoms with Gasteiger partial charge < -0.3 is 9.64 Å². The van der Waals surface area contributed by atoms with E-state index in [1.807, 2.05) is 30.3 Å². The van der Waals surface area contributed by atoms with Gasteiger partial charge in [-0.1, -0.05) is 78.7 Å². The van der Waals surface area contributed by atoms with E-state index in [0.717, 1.165) is 56.6 Å². The highest BCUT2D eigenvalue weighted by molar-refractivity contribution is 6.42. The van der Waals surface area contributed by atoms with Crippen LogP contribution in [0.2, 0.25) is 10.0 Å². The SMILES string of the molecule is CCC(N1CCC(Cc2ccccc2)CC1)C1(c2ccc(Cl)c(Cl)c2)CCCN(C(=O)Cc2cccc(OC)c2)C1. The molecule has 41 heavy (non-hydrogen) atoms. The summed E-state index contributed by atoms with van der Waals surface area (Å²) in [5.41, 5.74) is 3.40. The van der Waals surface area contributed by atoms with Crippen LogP contribution >= 0.6 is 23.2 Å². The molecule has 218 valence electrons. The van der Waals surface area contributed by atoms with Gasteiger partial charge in [-0.3, -0.25) is 9.69 Å². The standard InChI is InChI=1S/C35H42Cl2N2O2/c1-3-33(38-19-15-27(16-20-38)21-26-9-5-4-6-10-26)35(29-13-14-31(36)32(37)24-29)17-8-18-39(25-35)34(40)23-28-11-7-12-30(22-28)41-2/h4-7,9-14,22,24,27,33H,3,8,15-21,23,25H2,1-2H3. The number of piperidine rings is 2. The van der Waals surface area contributed by atoms with Crippen molar-refractivity contribution in [2.75, 3.05) is 33.3 Å². The summed E-state index contributed by atoms with van der Waals surface area (Å²) in [6.07, 6.45) is 6.91. The molecule has 0 saturated carbocycles. The van der Waals surface area contributed by atoms with Gasteiger partial charge in [-0.2, -0.15) is 0 Å². The number of methoxy groups -OCH3 is 1. The number of amides is 1. The van der Waals surface area contributed by atoms with Crippen LogP contribution in [0.5, 0.6) is 5.75 Å². The first-order valence-corrected chi connectivity index (χ1v) is 15.8. The number of benzene rings is 3. The van der Waals surface area contributed by atoms with Crippen LogP contribution in [0, 0.1) is 5.92 Å². The molecule has 5 rings (SSSR count). The zero-order valence-corrected chi connectivity index (χ0v) is 25.8. The van der Waals surface area contributed by atoms with Gasteiger partial charge in [-0.15, -0.1) is 0 Å². The van der Waals surface area contributed by atoms with E-state index in [4.69, 9.17) is 27.9 Å². The Kier molecular flexibility index (Phi) is 9.95. The van der Waals surface area contributed by atoms with Crippen LogP contribution in [-0.4, -0.2) is 55.0 Å². The highest BCUT2D eigenvalue weighted by Gasteiger charge is 2.47. The van der Waals surface area contributed by atoms with Crippen molar-refractivity contribution in [2.24, 2.45) is 5.92 Å². The van der Waals surface area contributed by atoms with Gasteiger partial charge in [-0.25, -0.2) is 0 Å². The molecule has 0 aromatic heterocycles. The van der Waals surface area contributed by atoms with Crippen LogP contribution in [0.3, 0.4) is 0 Å². The number of halogens is 2. The topological polar surface area (TPSA) is 32.8 Å². The van der Waals surface area contributed by atoms with Crippen molar-refractivity contribution in [3.05, 3.63) is 99.5 Å². The van der Waals surface area contributed by atoms with E-state index >= 15 is 0 Å². The Morgan fingerprint density at radius 1 is 0.951 bits per heavy atom. The zero-order valence-electron chi connectivity index (χ0n) is 24.3. The Morgan fingerprint density at radius 2 is 1.71 bits per heavy atom. The van der Waals surface area contributed by atoms with E-state index in [0.29, 0.717) is 35.0 Å². The van der Waals surface area contributed by atoms with Crippen molar-refractivity contribution in [3.8, 4) is 5.75 Å². The summed E-state index contributed by atoms with van der Waals surface area (Å²) >= 11 is 13.0. The number of hydrogen-bond donors (Lipinski definition) is 0. The minimum atomic E-state index is -0.211. The molecule has 0 N–H and O–H groups in total. The van der Waals surface area contributed by atoms with Crippen LogP contribution in [0.25, 0.3) is 0 Å². The molecule has 2 unspecified atom stereocenters. The van der Waals surface area contributed by atoms with Gasteiger partial charge in [0, 0.05) is 24.5 Å². The molecule has 4 nitrogen and oxygen atoms in total. The molecular weight excluding hydrogens is 551 g/mol. The van der Waals surface area contributed by atoms with Gasteiger partial charge in [-0.05, 0) is 98.5 Å². The maximum atomic E-state index is 13.7. The lowest BCUT2D eigenvalue weighted by Crippen LogP contribution is -2.60. The Morgan fingerprint density at radius 3 is 2.41 bits per heavy atom. The molecule has 0 radical (unpaired) electrons. The average molecular weight is 594 g/mol. The lowest BCUT2D eigenvalue weighted by atomic mass is 9.66. The normalized spacial score (nSPS) is 21.0. The van der Waals surface area contributed by atoms with Crippen molar-refractivity contribution < 1.29 is 9.53 Å². The molecule has 0 bridgehead atoms. The summed E-state index contributed by atoms with van der Waals surface area (Å²) in [6.45, 7) is 5.93. The van der Waals surface area contributed by atoms with Crippen LogP contribution < -0.4 is 4.74 Å². The molecule has 0 spiro atoms. The first kappa shape index (κ1) is 29.9. The molecule has 2 atom stereocenters. The van der Waals surface area contributed by atoms with Crippen LogP contribution in [0.4, 0.5) is 0 Å². The van der Waals surface area contributed by atoms with E-state index in [1.54, 1.807) is 7.11 Å². The van der Waals surface area contributed by atoms with E-state index in [2.05, 4.69) is 59.2 Å². The maximum absolute atomic E-state index is 13.7. The van der Waals surface area contributed by atoms with Crippen molar-refractivity contribution in [3.63, 3.8) is 0 Å². The molecule has 6 heteroatoms. The third-order valence-corrected chi connectivity index (χ3v) is 10.1. The fourth-order valence-electron chi connectivity index (χ4n) is 7.29. The highest BCUT2D eigenvalue weighted by Crippen LogP contribution is 2.44. The van der Waals surface area contributed by atoms with Crippen LogP contribution in [0.1, 0.15) is 55.7 Å². The van der Waals surface area contributed by atoms with Gasteiger partial charge in [0.05, 0.1) is 23.6 Å². The number of carbonyl (C=O) groups excluding carboxylic acids is 1. The maximum Gasteiger partial charge on any atom is 0.227 e. The number of rotatable bonds is 9. The fraction of sp³-hybridized carbons (Fsp3) is 0.457. The van der Waals surface area contributed by atoms with E-state index in [1.165, 1.54) is 24.0 Å². The lowest BCUT2D eigenvalue weighted by molar-refractivity contribution is -0.133. The van der Waals surface area contributed by atoms with Crippen LogP contribution in [-0.2, 0) is 23.1 Å². The molecule has 2 aliphatic rings. The third-order valence-electron chi connectivity index (χ3n) is 9.34. The number of hydrogen-bond acceptors (Lipinski definition) is 3. The smallest absolute Gasteiger partial charge is 0.227 e. The van der Waals surface area contributed by atoms with Crippen molar-refractivity contribution in [1.29, 1.82) is 0 Å². The monoisotopic (exact) mass is 592 g/mol. The largest absolute Gasteiger partial charge is 0.497 e. The Bertz CT molecular complexity index is 1310. The number of ether oxygens (including phenoxy) is 1. The second kappa shape index (κ2) is 13.6. The molecule has 3 aromatic carbocycles. The number of nitrogens with zero attached hydrogens (tertiary/aromatic N) is 2. The summed E-state index contributed by atoms with van der Waals surface area (Å²) in [7, 11) is 1.66. The Hall–Kier alpha value is -2.53. The minimum absolute atomic E-state index is 0.166. The van der Waals surface area contributed by atoms with Crippen molar-refractivity contribution >= 4 is 29.1 Å². The number of likely N-dealkylation sites (tertiary alicyclic amines) is 2. The fourth-order valence-corrected chi connectivity index (χ4v) is 7.58. The van der Waals surface area contributed by atoms with Crippen molar-refractivity contribution in [1.82, 2.24) is 9.80 Å². The minimum Gasteiger partial charge on any atom is -0.497 e. The molecule has 2 aliphatic heterocycles. The predicted octanol–water partition coefficient (Wildman–Crippen LogP) is 7.84.